The zero-order chi connectivity index (χ0) is 13.9. The first kappa shape index (κ1) is 12.8. The topological polar surface area (TPSA) is 43.4 Å². The Morgan fingerprint density at radius 3 is 3.10 bits per heavy atom. The van der Waals surface area contributed by atoms with Gasteiger partial charge < -0.3 is 14.8 Å². The highest BCUT2D eigenvalue weighted by Gasteiger charge is 2.15. The molecule has 0 spiro atoms. The van der Waals surface area contributed by atoms with E-state index in [4.69, 9.17) is 9.47 Å². The third kappa shape index (κ3) is 2.41. The highest BCUT2D eigenvalue weighted by molar-refractivity contribution is 5.54. The lowest BCUT2D eigenvalue weighted by Gasteiger charge is -2.17. The van der Waals surface area contributed by atoms with Gasteiger partial charge in [0, 0.05) is 18.7 Å². The Labute approximate surface area is 118 Å². The largest absolute Gasteiger partial charge is 0.493 e. The van der Waals surface area contributed by atoms with Crippen LogP contribution in [0.3, 0.4) is 0 Å². The maximum Gasteiger partial charge on any atom is 0.237 e. The average Bonchev–Trinajstić information content (AvgIpc) is 2.95. The zero-order valence-corrected chi connectivity index (χ0v) is 11.7. The summed E-state index contributed by atoms with van der Waals surface area (Å²) in [5, 5.41) is 3.44. The number of benzene rings is 1. The van der Waals surface area contributed by atoms with E-state index in [9.17, 15) is 0 Å². The molecular weight excluding hydrogens is 252 g/mol. The molecule has 1 aromatic carbocycles. The highest BCUT2D eigenvalue weighted by Crippen LogP contribution is 2.30. The first-order valence-corrected chi connectivity index (χ1v) is 6.79. The summed E-state index contributed by atoms with van der Waals surface area (Å²) in [6.07, 6.45) is 2.72. The van der Waals surface area contributed by atoms with Crippen LogP contribution in [0.2, 0.25) is 0 Å². The van der Waals surface area contributed by atoms with E-state index in [1.807, 2.05) is 12.1 Å². The summed E-state index contributed by atoms with van der Waals surface area (Å²) in [4.78, 5) is 4.20. The van der Waals surface area contributed by atoms with E-state index in [-0.39, 0.29) is 6.04 Å². The van der Waals surface area contributed by atoms with Gasteiger partial charge in [-0.15, -0.1) is 0 Å². The van der Waals surface area contributed by atoms with Crippen LogP contribution in [0.4, 0.5) is 5.69 Å². The van der Waals surface area contributed by atoms with Crippen LogP contribution in [0.25, 0.3) is 0 Å². The van der Waals surface area contributed by atoms with Crippen LogP contribution in [0.1, 0.15) is 24.1 Å². The first-order chi connectivity index (χ1) is 9.78. The predicted octanol–water partition coefficient (Wildman–Crippen LogP) is 3.20. The number of methoxy groups -OCH3 is 1. The number of pyridine rings is 1. The summed E-state index contributed by atoms with van der Waals surface area (Å²) >= 11 is 0. The van der Waals surface area contributed by atoms with Gasteiger partial charge in [0.1, 0.15) is 5.75 Å². The Morgan fingerprint density at radius 2 is 2.25 bits per heavy atom. The molecule has 20 heavy (non-hydrogen) atoms. The number of hydrogen-bond donors (Lipinski definition) is 1. The molecule has 0 saturated carbocycles. The zero-order valence-electron chi connectivity index (χ0n) is 11.7. The molecule has 1 aromatic heterocycles. The molecule has 0 amide bonds. The molecule has 1 aliphatic rings. The van der Waals surface area contributed by atoms with Crippen molar-refractivity contribution in [3.63, 3.8) is 0 Å². The fourth-order valence-corrected chi connectivity index (χ4v) is 2.46. The van der Waals surface area contributed by atoms with E-state index in [1.165, 1.54) is 11.1 Å². The third-order valence-corrected chi connectivity index (χ3v) is 3.55. The predicted molar refractivity (Wildman–Crippen MR) is 78.5 cm³/mol. The Morgan fingerprint density at radius 1 is 1.35 bits per heavy atom. The number of fused-ring (bicyclic) bond motifs is 1. The number of anilines is 1. The Bertz CT molecular complexity index is 613. The summed E-state index contributed by atoms with van der Waals surface area (Å²) in [7, 11) is 1.63. The van der Waals surface area contributed by atoms with Crippen molar-refractivity contribution in [2.45, 2.75) is 19.4 Å². The fourth-order valence-electron chi connectivity index (χ4n) is 2.46. The first-order valence-electron chi connectivity index (χ1n) is 6.79. The van der Waals surface area contributed by atoms with E-state index in [1.54, 1.807) is 13.3 Å². The smallest absolute Gasteiger partial charge is 0.237 e. The van der Waals surface area contributed by atoms with Gasteiger partial charge in [-0.3, -0.25) is 0 Å². The van der Waals surface area contributed by atoms with E-state index >= 15 is 0 Å². The molecule has 1 N–H and O–H groups in total. The van der Waals surface area contributed by atoms with Gasteiger partial charge in [-0.25, -0.2) is 4.98 Å². The van der Waals surface area contributed by atoms with E-state index in [0.717, 1.165) is 24.5 Å². The van der Waals surface area contributed by atoms with Crippen LogP contribution in [-0.2, 0) is 6.42 Å². The van der Waals surface area contributed by atoms with Crippen molar-refractivity contribution in [3.05, 3.63) is 47.7 Å². The van der Waals surface area contributed by atoms with Crippen LogP contribution in [0.15, 0.2) is 36.5 Å². The lowest BCUT2D eigenvalue weighted by Crippen LogP contribution is -2.08. The number of nitrogens with zero attached hydrogens (tertiary/aromatic N) is 1. The molecule has 1 unspecified atom stereocenters. The molecule has 2 aromatic rings. The second kappa shape index (κ2) is 5.41. The van der Waals surface area contributed by atoms with Crippen LogP contribution >= 0.6 is 0 Å². The minimum absolute atomic E-state index is 0.180. The van der Waals surface area contributed by atoms with Gasteiger partial charge >= 0.3 is 0 Å². The molecule has 0 saturated heterocycles. The van der Waals surface area contributed by atoms with Crippen LogP contribution < -0.4 is 14.8 Å². The lowest BCUT2D eigenvalue weighted by atomic mass is 10.0. The Kier molecular flexibility index (Phi) is 3.46. The van der Waals surface area contributed by atoms with E-state index in [0.29, 0.717) is 5.88 Å². The second-order valence-corrected chi connectivity index (χ2v) is 4.89. The summed E-state index contributed by atoms with van der Waals surface area (Å²) < 4.78 is 10.8. The van der Waals surface area contributed by atoms with Gasteiger partial charge in [0.15, 0.2) is 0 Å². The van der Waals surface area contributed by atoms with Crippen molar-refractivity contribution < 1.29 is 9.47 Å². The lowest BCUT2D eigenvalue weighted by molar-refractivity contribution is 0.357. The van der Waals surface area contributed by atoms with Crippen LogP contribution in [0.5, 0.6) is 11.6 Å². The minimum atomic E-state index is 0.180. The van der Waals surface area contributed by atoms with Crippen molar-refractivity contribution in [2.75, 3.05) is 19.0 Å². The Balaban J connectivity index is 1.81. The molecule has 1 atom stereocenters. The van der Waals surface area contributed by atoms with Gasteiger partial charge in [0.25, 0.3) is 0 Å². The van der Waals surface area contributed by atoms with Crippen LogP contribution in [-0.4, -0.2) is 18.7 Å². The SMILES string of the molecule is COc1ncccc1NC(C)c1ccc2c(c1)CCO2. The summed E-state index contributed by atoms with van der Waals surface area (Å²) in [5.41, 5.74) is 3.42. The van der Waals surface area contributed by atoms with Crippen molar-refractivity contribution >= 4 is 5.69 Å². The monoisotopic (exact) mass is 270 g/mol. The molecule has 0 bridgehead atoms. The summed E-state index contributed by atoms with van der Waals surface area (Å²) in [6.45, 7) is 2.92. The van der Waals surface area contributed by atoms with Crippen molar-refractivity contribution in [1.29, 1.82) is 0 Å². The van der Waals surface area contributed by atoms with Gasteiger partial charge in [-0.05, 0) is 42.3 Å². The molecule has 0 fully saturated rings. The van der Waals surface area contributed by atoms with Gasteiger partial charge in [0.05, 0.1) is 19.4 Å². The molecule has 3 rings (SSSR count). The highest BCUT2D eigenvalue weighted by atomic mass is 16.5. The van der Waals surface area contributed by atoms with Gasteiger partial charge in [0.2, 0.25) is 5.88 Å². The molecule has 4 heteroatoms. The molecule has 0 aliphatic carbocycles. The quantitative estimate of drug-likeness (QED) is 0.926. The standard InChI is InChI=1S/C16H18N2O2/c1-11(18-14-4-3-8-17-16(14)19-2)12-5-6-15-13(10-12)7-9-20-15/h3-6,8,10-11,18H,7,9H2,1-2H3. The van der Waals surface area contributed by atoms with Crippen molar-refractivity contribution in [3.8, 4) is 11.6 Å². The van der Waals surface area contributed by atoms with Crippen molar-refractivity contribution in [1.82, 2.24) is 4.98 Å². The maximum atomic E-state index is 5.54. The molecule has 104 valence electrons. The third-order valence-electron chi connectivity index (χ3n) is 3.55. The number of aromatic nitrogens is 1. The van der Waals surface area contributed by atoms with Gasteiger partial charge in [-0.2, -0.15) is 0 Å². The average molecular weight is 270 g/mol. The molecule has 2 heterocycles. The van der Waals surface area contributed by atoms with Crippen molar-refractivity contribution in [2.24, 2.45) is 0 Å². The Hall–Kier alpha value is -2.23. The van der Waals surface area contributed by atoms with Gasteiger partial charge in [-0.1, -0.05) is 6.07 Å². The number of nitrogens with one attached hydrogen (secondary N) is 1. The molecule has 1 aliphatic heterocycles. The summed E-state index contributed by atoms with van der Waals surface area (Å²) in [5.74, 6) is 1.63. The van der Waals surface area contributed by atoms with Crippen LogP contribution in [0, 0.1) is 0 Å². The number of rotatable bonds is 4. The maximum absolute atomic E-state index is 5.54. The van der Waals surface area contributed by atoms with E-state index in [2.05, 4.69) is 35.4 Å². The normalized spacial score (nSPS) is 14.3. The fraction of sp³-hybridized carbons (Fsp3) is 0.312. The second-order valence-electron chi connectivity index (χ2n) is 4.89. The van der Waals surface area contributed by atoms with E-state index < -0.39 is 0 Å². The molecule has 0 radical (unpaired) electrons. The minimum Gasteiger partial charge on any atom is -0.493 e. The number of ether oxygens (including phenoxy) is 2. The molecule has 4 nitrogen and oxygen atoms in total. The summed E-state index contributed by atoms with van der Waals surface area (Å²) in [6, 6.07) is 10.4. The molecular formula is C16H18N2O2. The number of hydrogen-bond acceptors (Lipinski definition) is 4.